The van der Waals surface area contributed by atoms with E-state index in [1.807, 2.05) is 12.1 Å². The lowest BCUT2D eigenvalue weighted by atomic mass is 9.95. The highest BCUT2D eigenvalue weighted by Gasteiger charge is 2.23. The number of aliphatic hydroxyl groups is 1. The summed E-state index contributed by atoms with van der Waals surface area (Å²) in [6.07, 6.45) is 0.0207. The third kappa shape index (κ3) is 3.76. The molecule has 3 N–H and O–H groups in total. The molecule has 0 radical (unpaired) electrons. The van der Waals surface area contributed by atoms with Gasteiger partial charge in [-0.3, -0.25) is 4.79 Å². The van der Waals surface area contributed by atoms with E-state index in [9.17, 15) is 9.90 Å². The molecule has 1 aliphatic heterocycles. The van der Waals surface area contributed by atoms with Crippen molar-refractivity contribution in [1.82, 2.24) is 10.6 Å². The van der Waals surface area contributed by atoms with Gasteiger partial charge in [-0.25, -0.2) is 0 Å². The lowest BCUT2D eigenvalue weighted by molar-refractivity contribution is -0.123. The first kappa shape index (κ1) is 14.0. The van der Waals surface area contributed by atoms with E-state index in [1.54, 1.807) is 0 Å². The van der Waals surface area contributed by atoms with Crippen molar-refractivity contribution in [3.63, 3.8) is 0 Å². The van der Waals surface area contributed by atoms with E-state index in [0.29, 0.717) is 13.0 Å². The molecular formula is C14H20N2O3. The van der Waals surface area contributed by atoms with Gasteiger partial charge in [0.15, 0.2) is 0 Å². The number of hydrogen-bond donors (Lipinski definition) is 3. The van der Waals surface area contributed by atoms with E-state index < -0.39 is 6.10 Å². The first-order valence-corrected chi connectivity index (χ1v) is 6.45. The molecule has 1 aliphatic rings. The summed E-state index contributed by atoms with van der Waals surface area (Å²) in [4.78, 5) is 12.0. The van der Waals surface area contributed by atoms with Crippen molar-refractivity contribution in [3.8, 4) is 0 Å². The van der Waals surface area contributed by atoms with Gasteiger partial charge in [0.2, 0.25) is 5.91 Å². The molecule has 5 heteroatoms. The number of benzene rings is 1. The van der Waals surface area contributed by atoms with E-state index >= 15 is 0 Å². The fourth-order valence-electron chi connectivity index (χ4n) is 2.23. The second-order valence-corrected chi connectivity index (χ2v) is 4.76. The maximum absolute atomic E-state index is 12.0. The molecule has 19 heavy (non-hydrogen) atoms. The monoisotopic (exact) mass is 264 g/mol. The smallest absolute Gasteiger partial charge is 0.237 e. The molecule has 0 aromatic heterocycles. The molecule has 0 bridgehead atoms. The maximum atomic E-state index is 12.0. The van der Waals surface area contributed by atoms with Gasteiger partial charge in [0.25, 0.3) is 0 Å². The zero-order chi connectivity index (χ0) is 13.7. The van der Waals surface area contributed by atoms with Gasteiger partial charge in [-0.15, -0.1) is 0 Å². The third-order valence-electron chi connectivity index (χ3n) is 3.27. The van der Waals surface area contributed by atoms with Gasteiger partial charge < -0.3 is 20.5 Å². The average molecular weight is 264 g/mol. The van der Waals surface area contributed by atoms with Crippen LogP contribution in [0.1, 0.15) is 11.1 Å². The summed E-state index contributed by atoms with van der Waals surface area (Å²) < 4.78 is 4.81. The Morgan fingerprint density at radius 1 is 1.53 bits per heavy atom. The Hall–Kier alpha value is -1.43. The molecule has 1 aromatic rings. The Labute approximate surface area is 113 Å². The molecule has 0 saturated carbocycles. The number of carbonyl (C=O) groups is 1. The Kier molecular flexibility index (Phi) is 4.90. The molecule has 2 atom stereocenters. The first-order chi connectivity index (χ1) is 9.20. The minimum absolute atomic E-state index is 0.0790. The van der Waals surface area contributed by atoms with Gasteiger partial charge in [-0.05, 0) is 17.5 Å². The molecule has 1 aromatic carbocycles. The first-order valence-electron chi connectivity index (χ1n) is 6.45. The van der Waals surface area contributed by atoms with Crippen LogP contribution in [0, 0.1) is 0 Å². The van der Waals surface area contributed by atoms with E-state index in [0.717, 1.165) is 0 Å². The summed E-state index contributed by atoms with van der Waals surface area (Å²) in [6, 6.07) is 7.88. The second kappa shape index (κ2) is 6.65. The minimum atomic E-state index is -0.662. The van der Waals surface area contributed by atoms with Crippen molar-refractivity contribution in [1.29, 1.82) is 0 Å². The molecular weight excluding hydrogens is 244 g/mol. The Balaban J connectivity index is 1.85. The van der Waals surface area contributed by atoms with Crippen LogP contribution in [-0.2, 0) is 22.5 Å². The fraction of sp³-hybridized carbons (Fsp3) is 0.500. The fourth-order valence-corrected chi connectivity index (χ4v) is 2.23. The summed E-state index contributed by atoms with van der Waals surface area (Å²) in [6.45, 7) is 1.14. The van der Waals surface area contributed by atoms with Crippen LogP contribution in [0.2, 0.25) is 0 Å². The van der Waals surface area contributed by atoms with Crippen LogP contribution >= 0.6 is 0 Å². The molecule has 0 fully saturated rings. The molecule has 0 spiro atoms. The van der Waals surface area contributed by atoms with Crippen molar-refractivity contribution in [2.75, 3.05) is 20.3 Å². The molecule has 1 amide bonds. The van der Waals surface area contributed by atoms with Crippen molar-refractivity contribution >= 4 is 5.91 Å². The zero-order valence-corrected chi connectivity index (χ0v) is 11.1. The largest absolute Gasteiger partial charge is 0.389 e. The zero-order valence-electron chi connectivity index (χ0n) is 11.1. The standard InChI is InChI=1S/C14H20N2O3/c1-19-9-12(17)8-16-14(18)13-6-10-4-2-3-5-11(10)7-15-13/h2-5,12-13,15,17H,6-9H2,1H3,(H,16,18). The Morgan fingerprint density at radius 3 is 3.00 bits per heavy atom. The number of fused-ring (bicyclic) bond motifs is 1. The van der Waals surface area contributed by atoms with Gasteiger partial charge in [0.05, 0.1) is 18.8 Å². The number of ether oxygens (including phenoxy) is 1. The number of rotatable bonds is 5. The number of amides is 1. The van der Waals surface area contributed by atoms with Gasteiger partial charge >= 0.3 is 0 Å². The van der Waals surface area contributed by atoms with Gasteiger partial charge in [0, 0.05) is 20.2 Å². The van der Waals surface area contributed by atoms with Crippen molar-refractivity contribution < 1.29 is 14.6 Å². The molecule has 2 unspecified atom stereocenters. The van der Waals surface area contributed by atoms with Crippen molar-refractivity contribution in [2.45, 2.75) is 25.1 Å². The van der Waals surface area contributed by atoms with E-state index in [2.05, 4.69) is 22.8 Å². The summed E-state index contributed by atoms with van der Waals surface area (Å²) in [5.41, 5.74) is 2.45. The van der Waals surface area contributed by atoms with Crippen LogP contribution < -0.4 is 10.6 Å². The number of carbonyl (C=O) groups excluding carboxylic acids is 1. The van der Waals surface area contributed by atoms with E-state index in [4.69, 9.17) is 4.74 Å². The molecule has 1 heterocycles. The maximum Gasteiger partial charge on any atom is 0.237 e. The summed E-state index contributed by atoms with van der Waals surface area (Å²) in [5.74, 6) is -0.0790. The van der Waals surface area contributed by atoms with Crippen LogP contribution in [0.5, 0.6) is 0 Å². The van der Waals surface area contributed by atoms with Gasteiger partial charge in [0.1, 0.15) is 0 Å². The van der Waals surface area contributed by atoms with Crippen LogP contribution in [0.25, 0.3) is 0 Å². The quantitative estimate of drug-likeness (QED) is 0.690. The van der Waals surface area contributed by atoms with Gasteiger partial charge in [-0.1, -0.05) is 24.3 Å². The Bertz CT molecular complexity index is 436. The number of aliphatic hydroxyl groups excluding tert-OH is 1. The third-order valence-corrected chi connectivity index (χ3v) is 3.27. The van der Waals surface area contributed by atoms with Crippen LogP contribution in [0.3, 0.4) is 0 Å². The highest BCUT2D eigenvalue weighted by Crippen LogP contribution is 2.16. The minimum Gasteiger partial charge on any atom is -0.389 e. The van der Waals surface area contributed by atoms with Crippen LogP contribution in [0.15, 0.2) is 24.3 Å². The summed E-state index contributed by atoms with van der Waals surface area (Å²) >= 11 is 0. The lowest BCUT2D eigenvalue weighted by Gasteiger charge is -2.25. The summed E-state index contributed by atoms with van der Waals surface area (Å²) in [5, 5.41) is 15.4. The predicted octanol–water partition coefficient (Wildman–Crippen LogP) is -0.176. The van der Waals surface area contributed by atoms with Gasteiger partial charge in [-0.2, -0.15) is 0 Å². The topological polar surface area (TPSA) is 70.6 Å². The van der Waals surface area contributed by atoms with E-state index in [-0.39, 0.29) is 25.1 Å². The SMILES string of the molecule is COCC(O)CNC(=O)C1Cc2ccccc2CN1. The van der Waals surface area contributed by atoms with Crippen molar-refractivity contribution in [3.05, 3.63) is 35.4 Å². The predicted molar refractivity (Wildman–Crippen MR) is 71.7 cm³/mol. The molecule has 104 valence electrons. The average Bonchev–Trinajstić information content (AvgIpc) is 2.44. The van der Waals surface area contributed by atoms with Crippen LogP contribution in [-0.4, -0.2) is 43.4 Å². The summed E-state index contributed by atoms with van der Waals surface area (Å²) in [7, 11) is 1.52. The normalized spacial score (nSPS) is 19.6. The molecule has 0 saturated heterocycles. The molecule has 0 aliphatic carbocycles. The number of methoxy groups -OCH3 is 1. The highest BCUT2D eigenvalue weighted by atomic mass is 16.5. The Morgan fingerprint density at radius 2 is 2.26 bits per heavy atom. The number of hydrogen-bond acceptors (Lipinski definition) is 4. The van der Waals surface area contributed by atoms with Crippen LogP contribution in [0.4, 0.5) is 0 Å². The lowest BCUT2D eigenvalue weighted by Crippen LogP contribution is -2.49. The molecule has 2 rings (SSSR count). The van der Waals surface area contributed by atoms with E-state index in [1.165, 1.54) is 18.2 Å². The van der Waals surface area contributed by atoms with Crippen molar-refractivity contribution in [2.24, 2.45) is 0 Å². The number of nitrogens with one attached hydrogen (secondary N) is 2. The highest BCUT2D eigenvalue weighted by molar-refractivity contribution is 5.82. The second-order valence-electron chi connectivity index (χ2n) is 4.76. The molecule has 5 nitrogen and oxygen atoms in total.